The molecule has 0 amide bonds. The normalized spacial score (nSPS) is 27.9. The first-order valence-corrected chi connectivity index (χ1v) is 8.56. The van der Waals surface area contributed by atoms with Gasteiger partial charge in [-0.2, -0.15) is 0 Å². The number of hydrogen-bond donors (Lipinski definition) is 1. The molecular weight excluding hydrogens is 234 g/mol. The molecule has 1 rings (SSSR count). The Balaban J connectivity index is 2.39. The summed E-state index contributed by atoms with van der Waals surface area (Å²) in [6, 6.07) is 0.412. The molecule has 17 heavy (non-hydrogen) atoms. The van der Waals surface area contributed by atoms with Crippen LogP contribution in [0.25, 0.3) is 0 Å². The maximum atomic E-state index is 12.2. The second kappa shape index (κ2) is 6.74. The first kappa shape index (κ1) is 15.0. The molecule has 0 radical (unpaired) electrons. The fraction of sp³-hybridized carbons (Fsp3) is 1.00. The topological polar surface area (TPSA) is 46.2 Å². The summed E-state index contributed by atoms with van der Waals surface area (Å²) in [5, 5.41) is 3.08. The highest BCUT2D eigenvalue weighted by molar-refractivity contribution is 7.92. The van der Waals surface area contributed by atoms with Gasteiger partial charge in [-0.25, -0.2) is 8.42 Å². The lowest BCUT2D eigenvalue weighted by Crippen LogP contribution is -2.30. The zero-order valence-electron chi connectivity index (χ0n) is 11.4. The molecule has 0 aromatic heterocycles. The van der Waals surface area contributed by atoms with Gasteiger partial charge in [0, 0.05) is 6.04 Å². The van der Waals surface area contributed by atoms with Crippen molar-refractivity contribution in [2.24, 2.45) is 5.92 Å². The predicted octanol–water partition coefficient (Wildman–Crippen LogP) is 2.37. The zero-order valence-corrected chi connectivity index (χ0v) is 12.2. The molecule has 1 saturated carbocycles. The van der Waals surface area contributed by atoms with Gasteiger partial charge in [-0.3, -0.25) is 0 Å². The maximum Gasteiger partial charge on any atom is 0.153 e. The van der Waals surface area contributed by atoms with Crippen LogP contribution in [-0.2, 0) is 9.84 Å². The Kier molecular flexibility index (Phi) is 5.93. The summed E-state index contributed by atoms with van der Waals surface area (Å²) in [5.41, 5.74) is 0. The number of sulfone groups is 1. The molecule has 3 atom stereocenters. The monoisotopic (exact) mass is 261 g/mol. The van der Waals surface area contributed by atoms with Gasteiger partial charge in [-0.15, -0.1) is 0 Å². The van der Waals surface area contributed by atoms with Crippen molar-refractivity contribution in [2.45, 2.75) is 63.7 Å². The molecule has 0 bridgehead atoms. The summed E-state index contributed by atoms with van der Waals surface area (Å²) in [6.45, 7) is 4.26. The summed E-state index contributed by atoms with van der Waals surface area (Å²) in [4.78, 5) is 0. The van der Waals surface area contributed by atoms with E-state index in [1.165, 1.54) is 6.42 Å². The van der Waals surface area contributed by atoms with Crippen LogP contribution in [0.1, 0.15) is 52.4 Å². The maximum absolute atomic E-state index is 12.2. The first-order chi connectivity index (χ1) is 7.95. The smallest absolute Gasteiger partial charge is 0.153 e. The Bertz CT molecular complexity index is 313. The van der Waals surface area contributed by atoms with E-state index in [-0.39, 0.29) is 5.25 Å². The first-order valence-electron chi connectivity index (χ1n) is 6.84. The van der Waals surface area contributed by atoms with Gasteiger partial charge < -0.3 is 5.32 Å². The Morgan fingerprint density at radius 2 is 2.06 bits per heavy atom. The lowest BCUT2D eigenvalue weighted by Gasteiger charge is -2.26. The second-order valence-corrected chi connectivity index (χ2v) is 7.99. The van der Waals surface area contributed by atoms with Crippen LogP contribution in [0.3, 0.4) is 0 Å². The SMILES string of the molecule is CNC(C)CCCS(=O)(=O)C1CCCC(C)C1. The zero-order chi connectivity index (χ0) is 12.9. The quantitative estimate of drug-likeness (QED) is 0.798. The summed E-state index contributed by atoms with van der Waals surface area (Å²) in [7, 11) is -0.929. The van der Waals surface area contributed by atoms with E-state index in [0.29, 0.717) is 17.7 Å². The highest BCUT2D eigenvalue weighted by Crippen LogP contribution is 2.29. The molecule has 0 aromatic rings. The molecule has 0 spiro atoms. The van der Waals surface area contributed by atoms with Gasteiger partial charge in [0.1, 0.15) is 0 Å². The average Bonchev–Trinajstić information content (AvgIpc) is 2.28. The molecule has 3 unspecified atom stereocenters. The van der Waals surface area contributed by atoms with Gasteiger partial charge in [0.05, 0.1) is 11.0 Å². The Morgan fingerprint density at radius 3 is 2.65 bits per heavy atom. The predicted molar refractivity (Wildman–Crippen MR) is 73.0 cm³/mol. The molecular formula is C13H27NO2S. The van der Waals surface area contributed by atoms with Gasteiger partial charge in [0.25, 0.3) is 0 Å². The van der Waals surface area contributed by atoms with Crippen molar-refractivity contribution in [1.82, 2.24) is 5.32 Å². The lowest BCUT2D eigenvalue weighted by molar-refractivity contribution is 0.381. The molecule has 0 saturated heterocycles. The van der Waals surface area contributed by atoms with Crippen LogP contribution in [0.2, 0.25) is 0 Å². The lowest BCUT2D eigenvalue weighted by atomic mass is 9.91. The Morgan fingerprint density at radius 1 is 1.35 bits per heavy atom. The molecule has 0 aliphatic heterocycles. The minimum Gasteiger partial charge on any atom is -0.317 e. The highest BCUT2D eigenvalue weighted by Gasteiger charge is 2.29. The van der Waals surface area contributed by atoms with Crippen LogP contribution < -0.4 is 5.32 Å². The minimum atomic E-state index is -2.85. The van der Waals surface area contributed by atoms with Crippen LogP contribution in [-0.4, -0.2) is 32.5 Å². The standard InChI is InChI=1S/C13H27NO2S/c1-11-6-4-8-13(10-11)17(15,16)9-5-7-12(2)14-3/h11-14H,4-10H2,1-3H3. The third-order valence-electron chi connectivity index (χ3n) is 3.95. The van der Waals surface area contributed by atoms with Crippen molar-refractivity contribution in [3.63, 3.8) is 0 Å². The molecule has 1 aliphatic carbocycles. The van der Waals surface area contributed by atoms with Crippen LogP contribution in [0.15, 0.2) is 0 Å². The Labute approximate surface area is 106 Å². The van der Waals surface area contributed by atoms with Gasteiger partial charge >= 0.3 is 0 Å². The highest BCUT2D eigenvalue weighted by atomic mass is 32.2. The van der Waals surface area contributed by atoms with Crippen molar-refractivity contribution in [2.75, 3.05) is 12.8 Å². The van der Waals surface area contributed by atoms with Crippen molar-refractivity contribution >= 4 is 9.84 Å². The molecule has 3 nitrogen and oxygen atoms in total. The number of rotatable bonds is 6. The molecule has 0 aromatic carbocycles. The van der Waals surface area contributed by atoms with E-state index < -0.39 is 9.84 Å². The van der Waals surface area contributed by atoms with Crippen molar-refractivity contribution in [3.8, 4) is 0 Å². The molecule has 4 heteroatoms. The van der Waals surface area contributed by atoms with E-state index in [0.717, 1.165) is 32.1 Å². The van der Waals surface area contributed by atoms with Gasteiger partial charge in [-0.05, 0) is 45.6 Å². The molecule has 102 valence electrons. The van der Waals surface area contributed by atoms with E-state index in [1.54, 1.807) is 0 Å². The largest absolute Gasteiger partial charge is 0.317 e. The molecule has 1 aliphatic rings. The van der Waals surface area contributed by atoms with Gasteiger partial charge in [-0.1, -0.05) is 19.8 Å². The molecule has 0 heterocycles. The molecule has 1 fully saturated rings. The number of hydrogen-bond acceptors (Lipinski definition) is 3. The van der Waals surface area contributed by atoms with Crippen molar-refractivity contribution in [1.29, 1.82) is 0 Å². The Hall–Kier alpha value is -0.0900. The third-order valence-corrected chi connectivity index (χ3v) is 6.26. The summed E-state index contributed by atoms with van der Waals surface area (Å²) >= 11 is 0. The van der Waals surface area contributed by atoms with Gasteiger partial charge in [0.2, 0.25) is 0 Å². The average molecular weight is 261 g/mol. The number of nitrogens with one attached hydrogen (secondary N) is 1. The van der Waals surface area contributed by atoms with Crippen molar-refractivity contribution in [3.05, 3.63) is 0 Å². The van der Waals surface area contributed by atoms with Crippen LogP contribution >= 0.6 is 0 Å². The summed E-state index contributed by atoms with van der Waals surface area (Å²) in [5.74, 6) is 0.955. The second-order valence-electron chi connectivity index (χ2n) is 5.59. The van der Waals surface area contributed by atoms with Gasteiger partial charge in [0.15, 0.2) is 9.84 Å². The van der Waals surface area contributed by atoms with E-state index in [1.807, 2.05) is 7.05 Å². The van der Waals surface area contributed by atoms with Crippen LogP contribution in [0, 0.1) is 5.92 Å². The summed E-state index contributed by atoms with van der Waals surface area (Å²) in [6.07, 6.45) is 5.77. The van der Waals surface area contributed by atoms with E-state index >= 15 is 0 Å². The van der Waals surface area contributed by atoms with Crippen LogP contribution in [0.5, 0.6) is 0 Å². The minimum absolute atomic E-state index is 0.0591. The van der Waals surface area contributed by atoms with Crippen LogP contribution in [0.4, 0.5) is 0 Å². The van der Waals surface area contributed by atoms with E-state index in [4.69, 9.17) is 0 Å². The fourth-order valence-electron chi connectivity index (χ4n) is 2.61. The molecule has 1 N–H and O–H groups in total. The summed E-state index contributed by atoms with van der Waals surface area (Å²) < 4.78 is 24.4. The third kappa shape index (κ3) is 4.96. The fourth-order valence-corrected chi connectivity index (χ4v) is 4.66. The van der Waals surface area contributed by atoms with E-state index in [2.05, 4.69) is 19.2 Å². The van der Waals surface area contributed by atoms with E-state index in [9.17, 15) is 8.42 Å². The van der Waals surface area contributed by atoms with Crippen molar-refractivity contribution < 1.29 is 8.42 Å².